The van der Waals surface area contributed by atoms with Gasteiger partial charge in [-0.1, -0.05) is 42.3 Å². The molecule has 26 heavy (non-hydrogen) atoms. The highest BCUT2D eigenvalue weighted by atomic mass is 35.5. The molecule has 7 heteroatoms. The quantitative estimate of drug-likeness (QED) is 0.734. The molecule has 0 N–H and O–H groups in total. The zero-order chi connectivity index (χ0) is 17.9. The lowest BCUT2D eigenvalue weighted by molar-refractivity contribution is -0.134. The van der Waals surface area contributed by atoms with Crippen molar-refractivity contribution in [3.63, 3.8) is 0 Å². The number of carbonyl (C=O) groups is 1. The van der Waals surface area contributed by atoms with E-state index in [-0.39, 0.29) is 5.91 Å². The Bertz CT molecular complexity index is 778. The molecule has 2 unspecified atom stereocenters. The van der Waals surface area contributed by atoms with Crippen LogP contribution in [0.2, 0.25) is 5.02 Å². The van der Waals surface area contributed by atoms with Gasteiger partial charge in [0.05, 0.1) is 11.4 Å². The molecule has 5 nitrogen and oxygen atoms in total. The number of rotatable bonds is 4. The van der Waals surface area contributed by atoms with Gasteiger partial charge < -0.3 is 4.90 Å². The van der Waals surface area contributed by atoms with Crippen molar-refractivity contribution in [1.82, 2.24) is 19.7 Å². The molecular formula is C19H23ClN4OS. The molecule has 1 aromatic heterocycles. The third-order valence-corrected chi connectivity index (χ3v) is 6.65. The molecule has 1 saturated carbocycles. The van der Waals surface area contributed by atoms with Crippen LogP contribution in [0, 0.1) is 5.92 Å². The molecule has 1 saturated heterocycles. The summed E-state index contributed by atoms with van der Waals surface area (Å²) < 4.78 is 1.88. The van der Waals surface area contributed by atoms with Gasteiger partial charge in [0.15, 0.2) is 5.16 Å². The number of halogens is 1. The van der Waals surface area contributed by atoms with Crippen molar-refractivity contribution in [2.75, 3.05) is 12.3 Å². The van der Waals surface area contributed by atoms with Crippen LogP contribution in [0.3, 0.4) is 0 Å². The summed E-state index contributed by atoms with van der Waals surface area (Å²) in [6.07, 6.45) is 9.10. The van der Waals surface area contributed by atoms with E-state index in [9.17, 15) is 4.79 Å². The SMILES string of the molecule is O=C(CSc1nncn1-c1cccc(Cl)c1)N1CCCC2CCCCC21. The predicted molar refractivity (Wildman–Crippen MR) is 104 cm³/mol. The Hall–Kier alpha value is -1.53. The van der Waals surface area contributed by atoms with Gasteiger partial charge in [-0.15, -0.1) is 10.2 Å². The Kier molecular flexibility index (Phi) is 5.50. The molecule has 1 aromatic carbocycles. The molecule has 1 amide bonds. The van der Waals surface area contributed by atoms with Gasteiger partial charge in [0, 0.05) is 17.6 Å². The number of fused-ring (bicyclic) bond motifs is 1. The number of amides is 1. The summed E-state index contributed by atoms with van der Waals surface area (Å²) in [6.45, 7) is 0.904. The van der Waals surface area contributed by atoms with E-state index < -0.39 is 0 Å². The molecule has 0 radical (unpaired) electrons. The number of hydrogen-bond donors (Lipinski definition) is 0. The minimum absolute atomic E-state index is 0.229. The van der Waals surface area contributed by atoms with Crippen LogP contribution in [-0.4, -0.2) is 43.9 Å². The Morgan fingerprint density at radius 1 is 1.23 bits per heavy atom. The Morgan fingerprint density at radius 3 is 2.96 bits per heavy atom. The summed E-state index contributed by atoms with van der Waals surface area (Å²) in [5.74, 6) is 1.34. The van der Waals surface area contributed by atoms with Crippen molar-refractivity contribution in [3.8, 4) is 5.69 Å². The number of piperidine rings is 1. The van der Waals surface area contributed by atoms with Crippen molar-refractivity contribution >= 4 is 29.3 Å². The molecule has 2 aliphatic rings. The van der Waals surface area contributed by atoms with E-state index in [4.69, 9.17) is 11.6 Å². The maximum Gasteiger partial charge on any atom is 0.233 e. The van der Waals surface area contributed by atoms with Gasteiger partial charge in [-0.3, -0.25) is 9.36 Å². The molecule has 2 aromatic rings. The Labute approximate surface area is 163 Å². The van der Waals surface area contributed by atoms with Gasteiger partial charge in [-0.05, 0) is 49.8 Å². The van der Waals surface area contributed by atoms with Crippen LogP contribution in [0.5, 0.6) is 0 Å². The van der Waals surface area contributed by atoms with E-state index in [0.717, 1.165) is 23.8 Å². The molecule has 0 spiro atoms. The van der Waals surface area contributed by atoms with Crippen molar-refractivity contribution in [3.05, 3.63) is 35.6 Å². The first-order chi connectivity index (χ1) is 12.7. The summed E-state index contributed by atoms with van der Waals surface area (Å²) in [5.41, 5.74) is 0.905. The number of aromatic nitrogens is 3. The van der Waals surface area contributed by atoms with E-state index in [1.807, 2.05) is 28.8 Å². The lowest BCUT2D eigenvalue weighted by Gasteiger charge is -2.44. The minimum atomic E-state index is 0.229. The fraction of sp³-hybridized carbons (Fsp3) is 0.526. The summed E-state index contributed by atoms with van der Waals surface area (Å²) in [6, 6.07) is 8.01. The predicted octanol–water partition coefficient (Wildman–Crippen LogP) is 4.19. The molecule has 0 bridgehead atoms. The molecule has 2 fully saturated rings. The summed E-state index contributed by atoms with van der Waals surface area (Å²) in [7, 11) is 0. The van der Waals surface area contributed by atoms with E-state index in [0.29, 0.717) is 22.7 Å². The first kappa shape index (κ1) is 17.9. The van der Waals surface area contributed by atoms with Gasteiger partial charge in [0.2, 0.25) is 5.91 Å². The molecule has 4 rings (SSSR count). The molecule has 1 aliphatic carbocycles. The lowest BCUT2D eigenvalue weighted by Crippen LogP contribution is -2.50. The molecular weight excluding hydrogens is 368 g/mol. The van der Waals surface area contributed by atoms with Gasteiger partial charge in [0.25, 0.3) is 0 Å². The number of nitrogens with zero attached hydrogens (tertiary/aromatic N) is 4. The average molecular weight is 391 g/mol. The van der Waals surface area contributed by atoms with Crippen LogP contribution in [-0.2, 0) is 4.79 Å². The highest BCUT2D eigenvalue weighted by Crippen LogP contribution is 2.35. The highest BCUT2D eigenvalue weighted by molar-refractivity contribution is 7.99. The van der Waals surface area contributed by atoms with Crippen LogP contribution in [0.1, 0.15) is 38.5 Å². The van der Waals surface area contributed by atoms with Crippen molar-refractivity contribution in [1.29, 1.82) is 0 Å². The van der Waals surface area contributed by atoms with Crippen molar-refractivity contribution < 1.29 is 4.79 Å². The first-order valence-corrected chi connectivity index (χ1v) is 10.7. The molecule has 2 heterocycles. The second kappa shape index (κ2) is 8.01. The Balaban J connectivity index is 1.43. The fourth-order valence-electron chi connectivity index (χ4n) is 4.27. The second-order valence-corrected chi connectivity index (χ2v) is 8.47. The number of thioether (sulfide) groups is 1. The lowest BCUT2D eigenvalue weighted by atomic mass is 9.78. The van der Waals surface area contributed by atoms with E-state index >= 15 is 0 Å². The van der Waals surface area contributed by atoms with Gasteiger partial charge in [0.1, 0.15) is 6.33 Å². The molecule has 138 valence electrons. The highest BCUT2D eigenvalue weighted by Gasteiger charge is 2.35. The topological polar surface area (TPSA) is 51.0 Å². The van der Waals surface area contributed by atoms with Crippen molar-refractivity contribution in [2.45, 2.75) is 49.7 Å². The summed E-state index contributed by atoms with van der Waals surface area (Å²) in [4.78, 5) is 15.0. The zero-order valence-electron chi connectivity index (χ0n) is 14.7. The van der Waals surface area contributed by atoms with Gasteiger partial charge in [-0.2, -0.15) is 0 Å². The second-order valence-electron chi connectivity index (χ2n) is 7.09. The first-order valence-electron chi connectivity index (χ1n) is 9.30. The van der Waals surface area contributed by atoms with Crippen LogP contribution in [0.25, 0.3) is 5.69 Å². The zero-order valence-corrected chi connectivity index (χ0v) is 16.3. The molecule has 2 atom stereocenters. The smallest absolute Gasteiger partial charge is 0.233 e. The largest absolute Gasteiger partial charge is 0.339 e. The van der Waals surface area contributed by atoms with Crippen LogP contribution < -0.4 is 0 Å². The maximum absolute atomic E-state index is 12.9. The van der Waals surface area contributed by atoms with E-state index in [1.54, 1.807) is 6.33 Å². The number of likely N-dealkylation sites (tertiary alicyclic amines) is 1. The monoisotopic (exact) mass is 390 g/mol. The standard InChI is InChI=1S/C19H23ClN4OS/c20-15-7-3-8-16(11-15)24-13-21-22-19(24)26-12-18(25)23-10-4-6-14-5-1-2-9-17(14)23/h3,7-8,11,13-14,17H,1-2,4-6,9-10,12H2. The fourth-order valence-corrected chi connectivity index (χ4v) is 5.27. The van der Waals surface area contributed by atoms with E-state index in [2.05, 4.69) is 15.1 Å². The maximum atomic E-state index is 12.9. The van der Waals surface area contributed by atoms with Gasteiger partial charge in [-0.25, -0.2) is 0 Å². The van der Waals surface area contributed by atoms with E-state index in [1.165, 1.54) is 43.9 Å². The molecule has 1 aliphatic heterocycles. The third kappa shape index (κ3) is 3.76. The summed E-state index contributed by atoms with van der Waals surface area (Å²) >= 11 is 7.54. The number of carbonyl (C=O) groups excluding carboxylic acids is 1. The summed E-state index contributed by atoms with van der Waals surface area (Å²) in [5, 5.41) is 9.58. The van der Waals surface area contributed by atoms with Crippen LogP contribution in [0.15, 0.2) is 35.7 Å². The van der Waals surface area contributed by atoms with Crippen molar-refractivity contribution in [2.24, 2.45) is 5.92 Å². The van der Waals surface area contributed by atoms with Crippen LogP contribution >= 0.6 is 23.4 Å². The normalized spacial score (nSPS) is 22.9. The third-order valence-electron chi connectivity index (χ3n) is 5.49. The average Bonchev–Trinajstić information content (AvgIpc) is 3.14. The number of hydrogen-bond acceptors (Lipinski definition) is 4. The van der Waals surface area contributed by atoms with Gasteiger partial charge >= 0.3 is 0 Å². The number of benzene rings is 1. The van der Waals surface area contributed by atoms with Crippen LogP contribution in [0.4, 0.5) is 0 Å². The Morgan fingerprint density at radius 2 is 2.08 bits per heavy atom. The minimum Gasteiger partial charge on any atom is -0.339 e.